The van der Waals surface area contributed by atoms with Gasteiger partial charge in [-0.2, -0.15) is 0 Å². The number of allylic oxidation sites excluding steroid dienone is 5. The van der Waals surface area contributed by atoms with Crippen molar-refractivity contribution < 1.29 is 0 Å². The molecule has 3 heteroatoms. The monoisotopic (exact) mass is 548 g/mol. The quantitative estimate of drug-likeness (QED) is 0.440. The van der Waals surface area contributed by atoms with Gasteiger partial charge in [0.1, 0.15) is 0 Å². The molecule has 0 fully saturated rings. The molecule has 0 spiro atoms. The van der Waals surface area contributed by atoms with Gasteiger partial charge in [0.2, 0.25) is 0 Å². The molecule has 1 aliphatic heterocycles. The number of hydrogen-bond acceptors (Lipinski definition) is 0. The summed E-state index contributed by atoms with van der Waals surface area (Å²) in [6, 6.07) is 34.3. The van der Waals surface area contributed by atoms with Gasteiger partial charge in [0.25, 0.3) is 0 Å². The Morgan fingerprint density at radius 1 is 0.500 bits per heavy atom. The van der Waals surface area contributed by atoms with E-state index in [1.54, 1.807) is 13.1 Å². The summed E-state index contributed by atoms with van der Waals surface area (Å²) < 4.78 is 4.94. The zero-order valence-electron chi connectivity index (χ0n) is 15.7. The molecular formula is C25H23As3. The first-order valence-corrected chi connectivity index (χ1v) is 25.1. The van der Waals surface area contributed by atoms with Gasteiger partial charge < -0.3 is 0 Å². The van der Waals surface area contributed by atoms with Gasteiger partial charge in [0, 0.05) is 0 Å². The first kappa shape index (κ1) is 19.9. The van der Waals surface area contributed by atoms with Crippen LogP contribution in [0.4, 0.5) is 0 Å². The van der Waals surface area contributed by atoms with E-state index in [9.17, 15) is 0 Å². The fraction of sp³-hybridized carbons (Fsp3) is 0.0400. The normalized spacial score (nSPS) is 25.5. The second-order valence-electron chi connectivity index (χ2n) is 6.38. The Labute approximate surface area is 179 Å². The Hall–Kier alpha value is -1.44. The molecule has 3 aromatic rings. The summed E-state index contributed by atoms with van der Waals surface area (Å²) in [5.74, 6) is 0. The van der Waals surface area contributed by atoms with Gasteiger partial charge in [0.15, 0.2) is 0 Å². The van der Waals surface area contributed by atoms with Crippen LogP contribution in [0, 0.1) is 0 Å². The molecule has 0 amide bonds. The van der Waals surface area contributed by atoms with Crippen LogP contribution in [0.2, 0.25) is 5.21 Å². The van der Waals surface area contributed by atoms with Gasteiger partial charge in [-0.15, -0.1) is 0 Å². The Morgan fingerprint density at radius 2 is 1.04 bits per heavy atom. The summed E-state index contributed by atoms with van der Waals surface area (Å²) in [6.45, 7) is 0. The third-order valence-electron chi connectivity index (χ3n) is 4.47. The molecule has 3 atom stereocenters. The summed E-state index contributed by atoms with van der Waals surface area (Å²) in [6.07, 6.45) is 11.4. The molecule has 3 unspecified atom stereocenters. The summed E-state index contributed by atoms with van der Waals surface area (Å²) in [5, 5.41) is 1.27. The molecule has 0 aromatic heterocycles. The molecule has 0 radical (unpaired) electrons. The van der Waals surface area contributed by atoms with E-state index >= 15 is 0 Å². The van der Waals surface area contributed by atoms with Gasteiger partial charge in [-0.05, 0) is 0 Å². The van der Waals surface area contributed by atoms with Crippen LogP contribution in [0.5, 0.6) is 0 Å². The van der Waals surface area contributed by atoms with E-state index in [4.69, 9.17) is 0 Å². The molecule has 1 heterocycles. The molecular weight excluding hydrogens is 525 g/mol. The molecule has 0 N–H and O–H groups in total. The average Bonchev–Trinajstić information content (AvgIpc) is 2.78. The Balaban J connectivity index is 1.89. The zero-order chi connectivity index (χ0) is 19.0. The third kappa shape index (κ3) is 4.93. The predicted molar refractivity (Wildman–Crippen MR) is 128 cm³/mol. The van der Waals surface area contributed by atoms with Crippen LogP contribution in [0.25, 0.3) is 0 Å². The predicted octanol–water partition coefficient (Wildman–Crippen LogP) is 3.57. The van der Waals surface area contributed by atoms with Crippen molar-refractivity contribution in [3.05, 3.63) is 126 Å². The van der Waals surface area contributed by atoms with Gasteiger partial charge in [-0.1, -0.05) is 0 Å². The van der Waals surface area contributed by atoms with E-state index in [0.29, 0.717) is 0 Å². The van der Waals surface area contributed by atoms with Crippen molar-refractivity contribution in [3.63, 3.8) is 0 Å². The van der Waals surface area contributed by atoms with Crippen molar-refractivity contribution in [2.45, 2.75) is 5.21 Å². The SMILES string of the molecule is C1=C\C=C\[As](c2ccccc2)[As](c2ccccc2)[As](c2ccccc2)C/C=C/1. The Bertz CT molecular complexity index is 947. The Kier molecular flexibility index (Phi) is 7.35. The number of benzene rings is 3. The van der Waals surface area contributed by atoms with Crippen LogP contribution in [0.3, 0.4) is 0 Å². The molecule has 138 valence electrons. The van der Waals surface area contributed by atoms with Crippen molar-refractivity contribution in [2.75, 3.05) is 0 Å². The van der Waals surface area contributed by atoms with Gasteiger partial charge in [0.05, 0.1) is 0 Å². The molecule has 0 saturated heterocycles. The van der Waals surface area contributed by atoms with Crippen molar-refractivity contribution >= 4 is 48.7 Å². The van der Waals surface area contributed by atoms with Crippen LogP contribution < -0.4 is 13.1 Å². The van der Waals surface area contributed by atoms with E-state index in [1.807, 2.05) is 0 Å². The van der Waals surface area contributed by atoms with Gasteiger partial charge >= 0.3 is 180 Å². The topological polar surface area (TPSA) is 0 Å². The fourth-order valence-electron chi connectivity index (χ4n) is 3.17. The van der Waals surface area contributed by atoms with Gasteiger partial charge in [-0.3, -0.25) is 0 Å². The van der Waals surface area contributed by atoms with E-state index in [0.717, 1.165) is 0 Å². The maximum absolute atomic E-state index is 2.62. The molecule has 4 rings (SSSR count). The van der Waals surface area contributed by atoms with Crippen molar-refractivity contribution in [3.8, 4) is 0 Å². The third-order valence-corrected chi connectivity index (χ3v) is 59.5. The van der Waals surface area contributed by atoms with Crippen molar-refractivity contribution in [1.82, 2.24) is 0 Å². The number of rotatable bonds is 3. The van der Waals surface area contributed by atoms with Crippen LogP contribution in [-0.4, -0.2) is 35.7 Å². The first-order valence-electron chi connectivity index (χ1n) is 9.45. The fourth-order valence-corrected chi connectivity index (χ4v) is 67.5. The molecule has 28 heavy (non-hydrogen) atoms. The molecule has 3 aromatic carbocycles. The summed E-state index contributed by atoms with van der Waals surface area (Å²) in [7, 11) is -1.26. The van der Waals surface area contributed by atoms with Crippen molar-refractivity contribution in [2.24, 2.45) is 0 Å². The molecule has 0 aliphatic carbocycles. The minimum atomic E-state index is -1.32. The van der Waals surface area contributed by atoms with Crippen LogP contribution in [-0.2, 0) is 0 Å². The molecule has 0 saturated carbocycles. The minimum absolute atomic E-state index is 1.23. The summed E-state index contributed by atoms with van der Waals surface area (Å²) in [5.41, 5.74) is 0. The van der Waals surface area contributed by atoms with E-state index < -0.39 is 35.7 Å². The summed E-state index contributed by atoms with van der Waals surface area (Å²) >= 11 is -2.55. The van der Waals surface area contributed by atoms with Gasteiger partial charge in [-0.25, -0.2) is 0 Å². The molecule has 0 bridgehead atoms. The maximum atomic E-state index is 2.62. The summed E-state index contributed by atoms with van der Waals surface area (Å²) in [4.78, 5) is 2.62. The molecule has 1 aliphatic rings. The second kappa shape index (κ2) is 10.4. The zero-order valence-corrected chi connectivity index (χ0v) is 21.3. The standard InChI is InChI=1S/C25H23As3/c1-2-13-21-26(23-15-7-4-8-16-23)28(25-19-11-6-12-20-25)27(22-14-3-1)24-17-9-5-10-18-24/h1-21H,22H2/b2-1-,14-3+,21-13+. The second-order valence-corrected chi connectivity index (χ2v) is 41.8. The van der Waals surface area contributed by atoms with Crippen LogP contribution in [0.1, 0.15) is 0 Å². The van der Waals surface area contributed by atoms with E-state index in [-0.39, 0.29) is 0 Å². The Morgan fingerprint density at radius 3 is 1.68 bits per heavy atom. The van der Waals surface area contributed by atoms with Crippen molar-refractivity contribution in [1.29, 1.82) is 0 Å². The van der Waals surface area contributed by atoms with E-state index in [1.165, 1.54) is 5.21 Å². The van der Waals surface area contributed by atoms with Crippen LogP contribution in [0.15, 0.2) is 126 Å². The first-order chi connectivity index (χ1) is 13.9. The van der Waals surface area contributed by atoms with E-state index in [2.05, 4.69) is 126 Å². The average molecular weight is 548 g/mol. The number of hydrogen-bond donors (Lipinski definition) is 0. The van der Waals surface area contributed by atoms with Crippen LogP contribution >= 0.6 is 0 Å². The molecule has 0 nitrogen and oxygen atoms in total.